The van der Waals surface area contributed by atoms with Gasteiger partial charge in [-0.25, -0.2) is 18.2 Å². The number of carboxylic acids is 1. The molecule has 0 fully saturated rings. The standard InChI is InChI=1S/C12H12BrN3O4S/c1-2-16-7-9(5-10(16)12(17)18)21(19,20)15-8-3-4-11(13)14-6-8/h3-7,15H,2H2,1H3,(H,17,18). The molecule has 2 N–H and O–H groups in total. The van der Waals surface area contributed by atoms with E-state index >= 15 is 0 Å². The normalized spacial score (nSPS) is 11.3. The minimum atomic E-state index is -3.86. The number of sulfonamides is 1. The fourth-order valence-corrected chi connectivity index (χ4v) is 3.04. The molecule has 9 heteroatoms. The topological polar surface area (TPSA) is 101 Å². The first-order valence-corrected chi connectivity index (χ1v) is 8.19. The zero-order valence-corrected chi connectivity index (χ0v) is 13.3. The predicted molar refractivity (Wildman–Crippen MR) is 79.8 cm³/mol. The molecule has 21 heavy (non-hydrogen) atoms. The largest absolute Gasteiger partial charge is 0.477 e. The Morgan fingerprint density at radius 1 is 1.48 bits per heavy atom. The highest BCUT2D eigenvalue weighted by atomic mass is 79.9. The first kappa shape index (κ1) is 15.5. The number of aryl methyl sites for hydroxylation is 1. The molecule has 0 atom stereocenters. The Morgan fingerprint density at radius 2 is 2.19 bits per heavy atom. The molecule has 2 aromatic heterocycles. The van der Waals surface area contributed by atoms with Crippen molar-refractivity contribution in [3.63, 3.8) is 0 Å². The fraction of sp³-hybridized carbons (Fsp3) is 0.167. The molecule has 0 spiro atoms. The summed E-state index contributed by atoms with van der Waals surface area (Å²) in [6, 6.07) is 4.27. The Hall–Kier alpha value is -1.87. The third kappa shape index (κ3) is 3.42. The summed E-state index contributed by atoms with van der Waals surface area (Å²) in [5, 5.41) is 9.04. The summed E-state index contributed by atoms with van der Waals surface area (Å²) in [6.45, 7) is 2.09. The maximum atomic E-state index is 12.2. The molecule has 0 aliphatic carbocycles. The SMILES string of the molecule is CCn1cc(S(=O)(=O)Nc2ccc(Br)nc2)cc1C(=O)O. The Morgan fingerprint density at radius 3 is 2.67 bits per heavy atom. The smallest absolute Gasteiger partial charge is 0.352 e. The van der Waals surface area contributed by atoms with Gasteiger partial charge < -0.3 is 9.67 Å². The maximum Gasteiger partial charge on any atom is 0.352 e. The number of pyridine rings is 1. The molecule has 2 aromatic rings. The van der Waals surface area contributed by atoms with E-state index in [-0.39, 0.29) is 10.6 Å². The monoisotopic (exact) mass is 373 g/mol. The molecule has 2 rings (SSSR count). The van der Waals surface area contributed by atoms with Crippen LogP contribution in [0.1, 0.15) is 17.4 Å². The maximum absolute atomic E-state index is 12.2. The second-order valence-corrected chi connectivity index (χ2v) is 6.62. The highest BCUT2D eigenvalue weighted by Gasteiger charge is 2.21. The van der Waals surface area contributed by atoms with Gasteiger partial charge in [-0.2, -0.15) is 0 Å². The number of aromatic nitrogens is 2. The Bertz CT molecular complexity index is 768. The molecule has 0 bridgehead atoms. The summed E-state index contributed by atoms with van der Waals surface area (Å²) in [5.41, 5.74) is 0.214. The van der Waals surface area contributed by atoms with Crippen LogP contribution in [0.5, 0.6) is 0 Å². The number of rotatable bonds is 5. The quantitative estimate of drug-likeness (QED) is 0.781. The van der Waals surface area contributed by atoms with Crippen molar-refractivity contribution in [3.8, 4) is 0 Å². The van der Waals surface area contributed by atoms with E-state index in [0.29, 0.717) is 16.8 Å². The van der Waals surface area contributed by atoms with Crippen molar-refractivity contribution in [1.82, 2.24) is 9.55 Å². The molecule has 0 amide bonds. The number of halogens is 1. The molecular formula is C12H12BrN3O4S. The van der Waals surface area contributed by atoms with Gasteiger partial charge >= 0.3 is 5.97 Å². The molecule has 0 aliphatic heterocycles. The van der Waals surface area contributed by atoms with Crippen molar-refractivity contribution in [2.24, 2.45) is 0 Å². The van der Waals surface area contributed by atoms with Crippen molar-refractivity contribution in [2.75, 3.05) is 4.72 Å². The van der Waals surface area contributed by atoms with E-state index < -0.39 is 16.0 Å². The van der Waals surface area contributed by atoms with Crippen LogP contribution in [0.2, 0.25) is 0 Å². The van der Waals surface area contributed by atoms with Crippen LogP contribution in [0.3, 0.4) is 0 Å². The van der Waals surface area contributed by atoms with Crippen LogP contribution in [-0.4, -0.2) is 29.0 Å². The number of hydrogen-bond acceptors (Lipinski definition) is 4. The van der Waals surface area contributed by atoms with Crippen LogP contribution in [-0.2, 0) is 16.6 Å². The van der Waals surface area contributed by atoms with Crippen molar-refractivity contribution < 1.29 is 18.3 Å². The van der Waals surface area contributed by atoms with Crippen molar-refractivity contribution in [3.05, 3.63) is 40.9 Å². The fourth-order valence-electron chi connectivity index (χ4n) is 1.72. The number of carbonyl (C=O) groups is 1. The Kier molecular flexibility index (Phi) is 4.33. The lowest BCUT2D eigenvalue weighted by atomic mass is 10.4. The van der Waals surface area contributed by atoms with Crippen LogP contribution in [0.15, 0.2) is 40.1 Å². The lowest BCUT2D eigenvalue weighted by Gasteiger charge is -2.05. The van der Waals surface area contributed by atoms with Gasteiger partial charge in [0.15, 0.2) is 0 Å². The first-order chi connectivity index (χ1) is 9.83. The summed E-state index contributed by atoms with van der Waals surface area (Å²) < 4.78 is 28.8. The number of carboxylic acid groups (broad SMARTS) is 1. The molecule has 0 unspecified atom stereocenters. The summed E-state index contributed by atoms with van der Waals surface area (Å²) in [6.07, 6.45) is 2.65. The van der Waals surface area contributed by atoms with Crippen LogP contribution in [0.25, 0.3) is 0 Å². The van der Waals surface area contributed by atoms with E-state index in [4.69, 9.17) is 5.11 Å². The molecular weight excluding hydrogens is 362 g/mol. The second-order valence-electron chi connectivity index (χ2n) is 4.13. The lowest BCUT2D eigenvalue weighted by Crippen LogP contribution is -2.12. The van der Waals surface area contributed by atoms with E-state index in [1.165, 1.54) is 17.0 Å². The van der Waals surface area contributed by atoms with E-state index in [1.807, 2.05) is 0 Å². The van der Waals surface area contributed by atoms with Gasteiger partial charge in [0, 0.05) is 12.7 Å². The van der Waals surface area contributed by atoms with Crippen molar-refractivity contribution in [1.29, 1.82) is 0 Å². The number of hydrogen-bond donors (Lipinski definition) is 2. The second kappa shape index (κ2) is 5.86. The Labute approximate surface area is 129 Å². The molecule has 0 aromatic carbocycles. The van der Waals surface area contributed by atoms with Crippen LogP contribution < -0.4 is 4.72 Å². The zero-order valence-electron chi connectivity index (χ0n) is 10.9. The van der Waals surface area contributed by atoms with Crippen LogP contribution in [0, 0.1) is 0 Å². The lowest BCUT2D eigenvalue weighted by molar-refractivity contribution is 0.0685. The average molecular weight is 374 g/mol. The zero-order chi connectivity index (χ0) is 15.6. The van der Waals surface area contributed by atoms with Crippen LogP contribution in [0.4, 0.5) is 5.69 Å². The van der Waals surface area contributed by atoms with Gasteiger partial charge in [-0.15, -0.1) is 0 Å². The molecule has 2 heterocycles. The molecule has 112 valence electrons. The average Bonchev–Trinajstić information content (AvgIpc) is 2.86. The first-order valence-electron chi connectivity index (χ1n) is 5.91. The van der Waals surface area contributed by atoms with E-state index in [2.05, 4.69) is 25.6 Å². The number of anilines is 1. The van der Waals surface area contributed by atoms with E-state index in [1.54, 1.807) is 19.1 Å². The number of aromatic carboxylic acids is 1. The third-order valence-corrected chi connectivity index (χ3v) is 4.54. The molecule has 0 radical (unpaired) electrons. The highest BCUT2D eigenvalue weighted by molar-refractivity contribution is 9.10. The van der Waals surface area contributed by atoms with Crippen LogP contribution >= 0.6 is 15.9 Å². The molecule has 0 aliphatic rings. The highest BCUT2D eigenvalue weighted by Crippen LogP contribution is 2.19. The van der Waals surface area contributed by atoms with Gasteiger partial charge in [0.05, 0.1) is 11.9 Å². The van der Waals surface area contributed by atoms with Gasteiger partial charge in [-0.1, -0.05) is 0 Å². The molecule has 0 saturated carbocycles. The summed E-state index contributed by atoms with van der Waals surface area (Å²) >= 11 is 3.15. The number of nitrogens with zero attached hydrogens (tertiary/aromatic N) is 2. The van der Waals surface area contributed by atoms with Crippen molar-refractivity contribution >= 4 is 37.6 Å². The van der Waals surface area contributed by atoms with Gasteiger partial charge in [-0.3, -0.25) is 4.72 Å². The summed E-state index contributed by atoms with van der Waals surface area (Å²) in [7, 11) is -3.86. The molecule has 7 nitrogen and oxygen atoms in total. The van der Waals surface area contributed by atoms with Gasteiger partial charge in [0.1, 0.15) is 15.2 Å². The Balaban J connectivity index is 2.35. The van der Waals surface area contributed by atoms with Gasteiger partial charge in [-0.05, 0) is 41.1 Å². The van der Waals surface area contributed by atoms with Gasteiger partial charge in [0.2, 0.25) is 0 Å². The summed E-state index contributed by atoms with van der Waals surface area (Å²) in [4.78, 5) is 14.9. The molecule has 0 saturated heterocycles. The summed E-state index contributed by atoms with van der Waals surface area (Å²) in [5.74, 6) is -1.18. The van der Waals surface area contributed by atoms with Gasteiger partial charge in [0.25, 0.3) is 10.0 Å². The third-order valence-electron chi connectivity index (χ3n) is 2.72. The minimum absolute atomic E-state index is 0.0770. The van der Waals surface area contributed by atoms with E-state index in [0.717, 1.165) is 6.07 Å². The van der Waals surface area contributed by atoms with E-state index in [9.17, 15) is 13.2 Å². The minimum Gasteiger partial charge on any atom is -0.477 e. The predicted octanol–water partition coefficient (Wildman–Crippen LogP) is 2.16. The number of nitrogens with one attached hydrogen (secondary N) is 1. The van der Waals surface area contributed by atoms with Crippen molar-refractivity contribution in [2.45, 2.75) is 18.4 Å².